The summed E-state index contributed by atoms with van der Waals surface area (Å²) in [5.74, 6) is 1.05. The Balaban J connectivity index is 1.49. The number of hydrogen-bond acceptors (Lipinski definition) is 1. The summed E-state index contributed by atoms with van der Waals surface area (Å²) in [6, 6.07) is 8.51. The van der Waals surface area contributed by atoms with Gasteiger partial charge in [-0.3, -0.25) is 4.99 Å². The molecule has 4 nitrogen and oxygen atoms in total. The first kappa shape index (κ1) is 15.9. The number of aromatic nitrogens is 1. The van der Waals surface area contributed by atoms with Gasteiger partial charge in [0.15, 0.2) is 5.96 Å². The number of hydrogen-bond donors (Lipinski definition) is 2. The SMILES string of the molecule is CN=C(NCCCc1c[nH]c2ccccc12)N1CCC(C)(C)C1. The van der Waals surface area contributed by atoms with Crippen LogP contribution in [0, 0.1) is 5.41 Å². The van der Waals surface area contributed by atoms with Crippen molar-refractivity contribution in [3.05, 3.63) is 36.0 Å². The van der Waals surface area contributed by atoms with Crippen LogP contribution in [0.3, 0.4) is 0 Å². The van der Waals surface area contributed by atoms with Crippen LogP contribution >= 0.6 is 0 Å². The average molecular weight is 312 g/mol. The third kappa shape index (κ3) is 3.69. The molecule has 23 heavy (non-hydrogen) atoms. The molecule has 2 aromatic rings. The molecule has 0 spiro atoms. The number of aryl methyl sites for hydroxylation is 1. The fraction of sp³-hybridized carbons (Fsp3) is 0.526. The average Bonchev–Trinajstić information content (AvgIpc) is 3.11. The van der Waals surface area contributed by atoms with Gasteiger partial charge in [-0.05, 0) is 36.3 Å². The van der Waals surface area contributed by atoms with Gasteiger partial charge in [-0.2, -0.15) is 0 Å². The van der Waals surface area contributed by atoms with Crippen molar-refractivity contribution in [2.24, 2.45) is 10.4 Å². The normalized spacial score (nSPS) is 17.9. The molecule has 0 amide bonds. The maximum atomic E-state index is 4.45. The molecule has 124 valence electrons. The highest BCUT2D eigenvalue weighted by Crippen LogP contribution is 2.28. The van der Waals surface area contributed by atoms with Crippen LogP contribution in [0.1, 0.15) is 32.3 Å². The molecule has 4 heteroatoms. The van der Waals surface area contributed by atoms with Crippen molar-refractivity contribution in [3.8, 4) is 0 Å². The van der Waals surface area contributed by atoms with Gasteiger partial charge in [0.1, 0.15) is 0 Å². The fourth-order valence-corrected chi connectivity index (χ4v) is 3.44. The number of benzene rings is 1. The number of para-hydroxylation sites is 1. The first-order chi connectivity index (χ1) is 11.1. The van der Waals surface area contributed by atoms with Gasteiger partial charge >= 0.3 is 0 Å². The minimum Gasteiger partial charge on any atom is -0.361 e. The predicted molar refractivity (Wildman–Crippen MR) is 98.0 cm³/mol. The van der Waals surface area contributed by atoms with E-state index >= 15 is 0 Å². The maximum Gasteiger partial charge on any atom is 0.193 e. The molecule has 1 aromatic heterocycles. The minimum absolute atomic E-state index is 0.404. The Kier molecular flexibility index (Phi) is 4.60. The van der Waals surface area contributed by atoms with Gasteiger partial charge in [-0.15, -0.1) is 0 Å². The molecule has 0 aliphatic carbocycles. The number of nitrogens with one attached hydrogen (secondary N) is 2. The first-order valence-electron chi connectivity index (χ1n) is 8.60. The smallest absolute Gasteiger partial charge is 0.193 e. The Morgan fingerprint density at radius 1 is 1.35 bits per heavy atom. The van der Waals surface area contributed by atoms with Crippen LogP contribution in [0.25, 0.3) is 10.9 Å². The molecule has 1 saturated heterocycles. The number of fused-ring (bicyclic) bond motifs is 1. The second-order valence-electron chi connectivity index (χ2n) is 7.27. The van der Waals surface area contributed by atoms with Gasteiger partial charge in [0.2, 0.25) is 0 Å². The summed E-state index contributed by atoms with van der Waals surface area (Å²) >= 11 is 0. The van der Waals surface area contributed by atoms with E-state index < -0.39 is 0 Å². The number of nitrogens with zero attached hydrogens (tertiary/aromatic N) is 2. The quantitative estimate of drug-likeness (QED) is 0.516. The summed E-state index contributed by atoms with van der Waals surface area (Å²) in [5, 5.41) is 4.87. The van der Waals surface area contributed by atoms with Gasteiger partial charge in [-0.25, -0.2) is 0 Å². The molecule has 2 N–H and O–H groups in total. The van der Waals surface area contributed by atoms with Gasteiger partial charge in [0.05, 0.1) is 0 Å². The molecule has 0 radical (unpaired) electrons. The standard InChI is InChI=1S/C19H28N4/c1-19(2)10-12-23(14-19)18(20-3)21-11-6-7-15-13-22-17-9-5-4-8-16(15)17/h4-5,8-9,13,22H,6-7,10-12,14H2,1-3H3,(H,20,21). The number of aromatic amines is 1. The Labute approximate surface area is 139 Å². The van der Waals surface area contributed by atoms with Crippen LogP contribution in [-0.2, 0) is 6.42 Å². The molecule has 0 saturated carbocycles. The zero-order valence-electron chi connectivity index (χ0n) is 14.5. The van der Waals surface area contributed by atoms with Crippen molar-refractivity contribution in [1.82, 2.24) is 15.2 Å². The molecule has 3 rings (SSSR count). The second-order valence-corrected chi connectivity index (χ2v) is 7.27. The Bertz CT molecular complexity index is 683. The molecule has 0 unspecified atom stereocenters. The number of aliphatic imine (C=N–C) groups is 1. The monoisotopic (exact) mass is 312 g/mol. The van der Waals surface area contributed by atoms with E-state index in [2.05, 4.69) is 64.5 Å². The minimum atomic E-state index is 0.404. The lowest BCUT2D eigenvalue weighted by Gasteiger charge is -2.23. The summed E-state index contributed by atoms with van der Waals surface area (Å²) < 4.78 is 0. The summed E-state index contributed by atoms with van der Waals surface area (Å²) in [6.07, 6.45) is 5.57. The first-order valence-corrected chi connectivity index (χ1v) is 8.60. The lowest BCUT2D eigenvalue weighted by atomic mass is 9.93. The van der Waals surface area contributed by atoms with Crippen LogP contribution < -0.4 is 5.32 Å². The van der Waals surface area contributed by atoms with Crippen molar-refractivity contribution in [2.75, 3.05) is 26.7 Å². The van der Waals surface area contributed by atoms with Crippen LogP contribution in [0.2, 0.25) is 0 Å². The van der Waals surface area contributed by atoms with E-state index in [0.29, 0.717) is 5.41 Å². The summed E-state index contributed by atoms with van der Waals surface area (Å²) in [6.45, 7) is 7.82. The molecular formula is C19H28N4. The topological polar surface area (TPSA) is 43.4 Å². The maximum absolute atomic E-state index is 4.45. The van der Waals surface area contributed by atoms with Gasteiger partial charge < -0.3 is 15.2 Å². The Morgan fingerprint density at radius 3 is 2.91 bits per heavy atom. The van der Waals surface area contributed by atoms with Crippen LogP contribution in [0.15, 0.2) is 35.5 Å². The zero-order valence-corrected chi connectivity index (χ0v) is 14.5. The van der Waals surface area contributed by atoms with E-state index in [4.69, 9.17) is 0 Å². The van der Waals surface area contributed by atoms with Crippen molar-refractivity contribution in [2.45, 2.75) is 33.1 Å². The molecular weight excluding hydrogens is 284 g/mol. The molecule has 1 aromatic carbocycles. The van der Waals surface area contributed by atoms with Crippen molar-refractivity contribution in [1.29, 1.82) is 0 Å². The largest absolute Gasteiger partial charge is 0.361 e. The van der Waals surface area contributed by atoms with Crippen molar-refractivity contribution < 1.29 is 0 Å². The highest BCUT2D eigenvalue weighted by molar-refractivity contribution is 5.83. The lowest BCUT2D eigenvalue weighted by Crippen LogP contribution is -2.41. The third-order valence-corrected chi connectivity index (χ3v) is 4.77. The Morgan fingerprint density at radius 2 is 2.17 bits per heavy atom. The van der Waals surface area contributed by atoms with E-state index in [1.165, 1.54) is 22.9 Å². The van der Waals surface area contributed by atoms with E-state index in [-0.39, 0.29) is 0 Å². The van der Waals surface area contributed by atoms with Crippen LogP contribution in [0.5, 0.6) is 0 Å². The van der Waals surface area contributed by atoms with Gasteiger partial charge in [-0.1, -0.05) is 32.0 Å². The molecule has 1 aliphatic heterocycles. The zero-order chi connectivity index (χ0) is 16.3. The summed E-state index contributed by atoms with van der Waals surface area (Å²) in [4.78, 5) is 10.2. The van der Waals surface area contributed by atoms with Gasteiger partial charge in [0.25, 0.3) is 0 Å². The van der Waals surface area contributed by atoms with E-state index in [1.54, 1.807) is 0 Å². The lowest BCUT2D eigenvalue weighted by molar-refractivity contribution is 0.370. The third-order valence-electron chi connectivity index (χ3n) is 4.77. The molecule has 0 bridgehead atoms. The molecule has 1 fully saturated rings. The number of likely N-dealkylation sites (tertiary alicyclic amines) is 1. The van der Waals surface area contributed by atoms with E-state index in [9.17, 15) is 0 Å². The summed E-state index contributed by atoms with van der Waals surface area (Å²) in [5.41, 5.74) is 3.03. The number of rotatable bonds is 4. The van der Waals surface area contributed by atoms with Crippen LogP contribution in [-0.4, -0.2) is 42.5 Å². The number of guanidine groups is 1. The molecule has 2 heterocycles. The second kappa shape index (κ2) is 6.65. The van der Waals surface area contributed by atoms with E-state index in [0.717, 1.165) is 38.4 Å². The predicted octanol–water partition coefficient (Wildman–Crippen LogP) is 3.41. The van der Waals surface area contributed by atoms with Crippen molar-refractivity contribution >= 4 is 16.9 Å². The number of H-pyrrole nitrogens is 1. The highest BCUT2D eigenvalue weighted by atomic mass is 15.3. The molecule has 0 atom stereocenters. The van der Waals surface area contributed by atoms with E-state index in [1.807, 2.05) is 7.05 Å². The van der Waals surface area contributed by atoms with Gasteiger partial charge in [0, 0.05) is 43.8 Å². The molecule has 1 aliphatic rings. The van der Waals surface area contributed by atoms with Crippen molar-refractivity contribution in [3.63, 3.8) is 0 Å². The highest BCUT2D eigenvalue weighted by Gasteiger charge is 2.30. The van der Waals surface area contributed by atoms with Crippen LogP contribution in [0.4, 0.5) is 0 Å². The summed E-state index contributed by atoms with van der Waals surface area (Å²) in [7, 11) is 1.88. The fourth-order valence-electron chi connectivity index (χ4n) is 3.44. The Hall–Kier alpha value is -1.97.